The van der Waals surface area contributed by atoms with Crippen LogP contribution in [0.15, 0.2) is 53.3 Å². The smallest absolute Gasteiger partial charge is 0.259 e. The van der Waals surface area contributed by atoms with Gasteiger partial charge in [0.15, 0.2) is 0 Å². The van der Waals surface area contributed by atoms with Crippen LogP contribution in [0, 0.1) is 0 Å². The molecule has 0 aliphatic carbocycles. The first kappa shape index (κ1) is 14.0. The van der Waals surface area contributed by atoms with Crippen molar-refractivity contribution in [3.8, 4) is 0 Å². The van der Waals surface area contributed by atoms with E-state index >= 15 is 0 Å². The number of aromatic nitrogens is 2. The van der Waals surface area contributed by atoms with Gasteiger partial charge in [-0.05, 0) is 33.4 Å². The fraction of sp³-hybridized carbons (Fsp3) is 0. The van der Waals surface area contributed by atoms with Crippen molar-refractivity contribution < 1.29 is 4.79 Å². The molecular weight excluding hydrogens is 354 g/mol. The van der Waals surface area contributed by atoms with Crippen LogP contribution in [0.2, 0.25) is 5.15 Å². The molecule has 1 N–H and O–H groups in total. The Morgan fingerprint density at radius 3 is 2.62 bits per heavy atom. The molecule has 6 heteroatoms. The number of amides is 1. The Hall–Kier alpha value is -1.98. The average molecular weight is 363 g/mol. The lowest BCUT2D eigenvalue weighted by Crippen LogP contribution is -2.13. The number of rotatable bonds is 2. The molecule has 0 aliphatic heterocycles. The second kappa shape index (κ2) is 5.79. The van der Waals surface area contributed by atoms with Crippen molar-refractivity contribution >= 4 is 50.0 Å². The van der Waals surface area contributed by atoms with Crippen molar-refractivity contribution in [3.63, 3.8) is 0 Å². The molecule has 0 fully saturated rings. The number of nitrogens with zero attached hydrogens (tertiary/aromatic N) is 2. The Kier molecular flexibility index (Phi) is 3.86. The van der Waals surface area contributed by atoms with Crippen LogP contribution in [0.25, 0.3) is 10.8 Å². The third kappa shape index (κ3) is 2.89. The van der Waals surface area contributed by atoms with Gasteiger partial charge in [-0.25, -0.2) is 9.97 Å². The minimum absolute atomic E-state index is 0.277. The van der Waals surface area contributed by atoms with Crippen LogP contribution in [0.1, 0.15) is 10.4 Å². The summed E-state index contributed by atoms with van der Waals surface area (Å²) < 4.78 is 0.652. The Labute approximate surface area is 134 Å². The first-order valence-electron chi connectivity index (χ1n) is 6.12. The van der Waals surface area contributed by atoms with Gasteiger partial charge in [0.25, 0.3) is 5.91 Å². The quantitative estimate of drug-likeness (QED) is 0.692. The fourth-order valence-electron chi connectivity index (χ4n) is 2.00. The second-order valence-electron chi connectivity index (χ2n) is 4.31. The van der Waals surface area contributed by atoms with E-state index in [-0.39, 0.29) is 5.91 Å². The number of benzene rings is 1. The third-order valence-corrected chi connectivity index (χ3v) is 3.69. The van der Waals surface area contributed by atoms with Crippen LogP contribution in [0.5, 0.6) is 0 Å². The zero-order valence-electron chi connectivity index (χ0n) is 10.7. The van der Waals surface area contributed by atoms with E-state index in [2.05, 4.69) is 31.2 Å². The summed E-state index contributed by atoms with van der Waals surface area (Å²) in [6.45, 7) is 0. The number of halogens is 2. The summed E-state index contributed by atoms with van der Waals surface area (Å²) in [6, 6.07) is 12.7. The predicted molar refractivity (Wildman–Crippen MR) is 86.6 cm³/mol. The highest BCUT2D eigenvalue weighted by Gasteiger charge is 2.13. The summed E-state index contributed by atoms with van der Waals surface area (Å²) in [5, 5.41) is 4.62. The fourth-order valence-corrected chi connectivity index (χ4v) is 2.56. The SMILES string of the molecule is O=C(Nc1cccc(Br)n1)c1cnc(Cl)c2ccccc12. The summed E-state index contributed by atoms with van der Waals surface area (Å²) in [6.07, 6.45) is 1.47. The van der Waals surface area contributed by atoms with E-state index in [1.807, 2.05) is 24.3 Å². The number of pyridine rings is 2. The molecule has 2 aromatic heterocycles. The summed E-state index contributed by atoms with van der Waals surface area (Å²) in [7, 11) is 0. The molecule has 3 aromatic rings. The van der Waals surface area contributed by atoms with Crippen molar-refractivity contribution in [1.82, 2.24) is 9.97 Å². The van der Waals surface area contributed by atoms with Crippen LogP contribution in [0.4, 0.5) is 5.82 Å². The molecule has 21 heavy (non-hydrogen) atoms. The van der Waals surface area contributed by atoms with E-state index in [0.717, 1.165) is 10.8 Å². The summed E-state index contributed by atoms with van der Waals surface area (Å²) >= 11 is 9.32. The van der Waals surface area contributed by atoms with E-state index in [9.17, 15) is 4.79 Å². The van der Waals surface area contributed by atoms with Crippen LogP contribution >= 0.6 is 27.5 Å². The van der Waals surface area contributed by atoms with Gasteiger partial charge in [-0.1, -0.05) is 41.9 Å². The molecule has 1 aromatic carbocycles. The van der Waals surface area contributed by atoms with Gasteiger partial charge in [0.05, 0.1) is 5.56 Å². The van der Waals surface area contributed by atoms with Gasteiger partial charge >= 0.3 is 0 Å². The van der Waals surface area contributed by atoms with Crippen molar-refractivity contribution in [2.45, 2.75) is 0 Å². The van der Waals surface area contributed by atoms with Gasteiger partial charge < -0.3 is 5.32 Å². The van der Waals surface area contributed by atoms with Gasteiger partial charge in [0.1, 0.15) is 15.6 Å². The van der Waals surface area contributed by atoms with E-state index < -0.39 is 0 Å². The monoisotopic (exact) mass is 361 g/mol. The molecule has 2 heterocycles. The number of anilines is 1. The number of carbonyl (C=O) groups excluding carboxylic acids is 1. The lowest BCUT2D eigenvalue weighted by Gasteiger charge is -2.08. The van der Waals surface area contributed by atoms with E-state index in [1.165, 1.54) is 6.20 Å². The first-order valence-corrected chi connectivity index (χ1v) is 7.29. The zero-order valence-corrected chi connectivity index (χ0v) is 13.0. The number of carbonyl (C=O) groups is 1. The standard InChI is InChI=1S/C15H9BrClN3O/c16-12-6-3-7-13(19-12)20-15(21)11-8-18-14(17)10-5-2-1-4-9(10)11/h1-8H,(H,19,20,21). The Morgan fingerprint density at radius 1 is 1.10 bits per heavy atom. The van der Waals surface area contributed by atoms with Crippen LogP contribution in [0.3, 0.4) is 0 Å². The normalized spacial score (nSPS) is 10.6. The highest BCUT2D eigenvalue weighted by Crippen LogP contribution is 2.24. The molecule has 0 atom stereocenters. The molecule has 1 amide bonds. The Balaban J connectivity index is 2.01. The van der Waals surface area contributed by atoms with Gasteiger partial charge in [0.2, 0.25) is 0 Å². The molecular formula is C15H9BrClN3O. The number of fused-ring (bicyclic) bond motifs is 1. The van der Waals surface area contributed by atoms with Crippen LogP contribution < -0.4 is 5.32 Å². The highest BCUT2D eigenvalue weighted by molar-refractivity contribution is 9.10. The summed E-state index contributed by atoms with van der Waals surface area (Å²) in [5.74, 6) is 0.189. The van der Waals surface area contributed by atoms with Gasteiger partial charge in [0, 0.05) is 11.6 Å². The van der Waals surface area contributed by atoms with Gasteiger partial charge in [-0.2, -0.15) is 0 Å². The molecule has 4 nitrogen and oxygen atoms in total. The molecule has 104 valence electrons. The molecule has 0 unspecified atom stereocenters. The number of nitrogens with one attached hydrogen (secondary N) is 1. The maximum absolute atomic E-state index is 12.4. The maximum Gasteiger partial charge on any atom is 0.259 e. The topological polar surface area (TPSA) is 54.9 Å². The minimum atomic E-state index is -0.277. The van der Waals surface area contributed by atoms with Crippen molar-refractivity contribution in [3.05, 3.63) is 64.0 Å². The Bertz CT molecular complexity index is 838. The molecule has 0 saturated carbocycles. The lowest BCUT2D eigenvalue weighted by molar-refractivity contribution is 0.102. The van der Waals surface area contributed by atoms with Gasteiger partial charge in [-0.3, -0.25) is 4.79 Å². The van der Waals surface area contributed by atoms with Crippen molar-refractivity contribution in [2.24, 2.45) is 0 Å². The molecule has 0 radical (unpaired) electrons. The molecule has 0 spiro atoms. The predicted octanol–water partition coefficient (Wildman–Crippen LogP) is 4.30. The molecule has 0 saturated heterocycles. The highest BCUT2D eigenvalue weighted by atomic mass is 79.9. The lowest BCUT2D eigenvalue weighted by atomic mass is 10.1. The Morgan fingerprint density at radius 2 is 1.86 bits per heavy atom. The van der Waals surface area contributed by atoms with E-state index in [0.29, 0.717) is 21.1 Å². The van der Waals surface area contributed by atoms with E-state index in [4.69, 9.17) is 11.6 Å². The molecule has 0 aliphatic rings. The minimum Gasteiger partial charge on any atom is -0.306 e. The number of hydrogen-bond donors (Lipinski definition) is 1. The van der Waals surface area contributed by atoms with Crippen LogP contribution in [-0.2, 0) is 0 Å². The third-order valence-electron chi connectivity index (χ3n) is 2.95. The van der Waals surface area contributed by atoms with Crippen molar-refractivity contribution in [1.29, 1.82) is 0 Å². The first-order chi connectivity index (χ1) is 10.1. The van der Waals surface area contributed by atoms with Crippen LogP contribution in [-0.4, -0.2) is 15.9 Å². The molecule has 0 bridgehead atoms. The molecule has 3 rings (SSSR count). The summed E-state index contributed by atoms with van der Waals surface area (Å²) in [4.78, 5) is 20.6. The van der Waals surface area contributed by atoms with Crippen molar-refractivity contribution in [2.75, 3.05) is 5.32 Å². The largest absolute Gasteiger partial charge is 0.306 e. The maximum atomic E-state index is 12.4. The van der Waals surface area contributed by atoms with E-state index in [1.54, 1.807) is 18.2 Å². The zero-order chi connectivity index (χ0) is 14.8. The average Bonchev–Trinajstić information content (AvgIpc) is 2.48. The van der Waals surface area contributed by atoms with Gasteiger partial charge in [-0.15, -0.1) is 0 Å². The number of hydrogen-bond acceptors (Lipinski definition) is 3. The summed E-state index contributed by atoms with van der Waals surface area (Å²) in [5.41, 5.74) is 0.455. The second-order valence-corrected chi connectivity index (χ2v) is 5.48.